The molecule has 384 valence electrons. The highest BCUT2D eigenvalue weighted by Gasteiger charge is 2.18. The third-order valence-electron chi connectivity index (χ3n) is 13.5. The van der Waals surface area contributed by atoms with Crippen LogP contribution >= 0.6 is 0 Å². The van der Waals surface area contributed by atoms with E-state index in [1.54, 1.807) is 6.08 Å². The van der Waals surface area contributed by atoms with Gasteiger partial charge in [-0.1, -0.05) is 269 Å². The predicted octanol–water partition coefficient (Wildman–Crippen LogP) is 17.9. The van der Waals surface area contributed by atoms with Gasteiger partial charge in [-0.3, -0.25) is 9.59 Å². The zero-order valence-corrected chi connectivity index (χ0v) is 43.7. The van der Waals surface area contributed by atoms with E-state index in [2.05, 4.69) is 31.3 Å². The maximum Gasteiger partial charge on any atom is 0.305 e. The molecule has 0 aromatic heterocycles. The van der Waals surface area contributed by atoms with E-state index in [-0.39, 0.29) is 18.5 Å². The molecule has 1 amide bonds. The topological polar surface area (TPSA) is 95.9 Å². The lowest BCUT2D eigenvalue weighted by atomic mass is 10.0. The number of ether oxygens (including phenoxy) is 1. The molecule has 0 rings (SSSR count). The quantitative estimate of drug-likeness (QED) is 0.0321. The molecule has 6 nitrogen and oxygen atoms in total. The minimum atomic E-state index is -0.861. The Bertz CT molecular complexity index is 1010. The van der Waals surface area contributed by atoms with Gasteiger partial charge in [-0.15, -0.1) is 0 Å². The molecule has 0 radical (unpaired) electrons. The van der Waals surface area contributed by atoms with Crippen molar-refractivity contribution in [2.45, 2.75) is 328 Å². The first-order chi connectivity index (χ1) is 32.0. The number of aliphatic hydroxyl groups is 2. The second kappa shape index (κ2) is 54.9. The zero-order chi connectivity index (χ0) is 47.2. The normalized spacial score (nSPS) is 12.7. The fourth-order valence-corrected chi connectivity index (χ4v) is 8.98. The van der Waals surface area contributed by atoms with Gasteiger partial charge in [-0.25, -0.2) is 0 Å². The van der Waals surface area contributed by atoms with Crippen molar-refractivity contribution >= 4 is 11.9 Å². The molecule has 0 saturated carbocycles. The van der Waals surface area contributed by atoms with E-state index in [0.29, 0.717) is 19.4 Å². The van der Waals surface area contributed by atoms with E-state index in [1.807, 2.05) is 6.08 Å². The van der Waals surface area contributed by atoms with E-state index < -0.39 is 12.1 Å². The summed E-state index contributed by atoms with van der Waals surface area (Å²) in [5.74, 6) is -0.105. The minimum Gasteiger partial charge on any atom is -0.466 e. The number of unbranched alkanes of at least 4 members (excludes halogenated alkanes) is 41. The lowest BCUT2D eigenvalue weighted by Crippen LogP contribution is -2.45. The van der Waals surface area contributed by atoms with Gasteiger partial charge < -0.3 is 20.3 Å². The average Bonchev–Trinajstić information content (AvgIpc) is 3.31. The number of amides is 1. The van der Waals surface area contributed by atoms with Gasteiger partial charge >= 0.3 is 5.97 Å². The van der Waals surface area contributed by atoms with Crippen LogP contribution in [0.2, 0.25) is 0 Å². The summed E-state index contributed by atoms with van der Waals surface area (Å²) in [5, 5.41) is 23.1. The zero-order valence-electron chi connectivity index (χ0n) is 43.7. The van der Waals surface area contributed by atoms with Crippen LogP contribution in [0.1, 0.15) is 316 Å². The number of carbonyl (C=O) groups excluding carboxylic acids is 2. The Morgan fingerprint density at radius 1 is 0.415 bits per heavy atom. The molecular weight excluding hydrogens is 803 g/mol. The Morgan fingerprint density at radius 2 is 0.723 bits per heavy atom. The summed E-state index contributed by atoms with van der Waals surface area (Å²) in [6.45, 7) is 4.88. The first-order valence-corrected chi connectivity index (χ1v) is 29.1. The van der Waals surface area contributed by atoms with Crippen molar-refractivity contribution in [3.05, 3.63) is 24.3 Å². The summed E-state index contributed by atoms with van der Waals surface area (Å²) in [7, 11) is 0. The first kappa shape index (κ1) is 63.3. The predicted molar refractivity (Wildman–Crippen MR) is 283 cm³/mol. The van der Waals surface area contributed by atoms with Gasteiger partial charge in [0.2, 0.25) is 5.91 Å². The number of esters is 1. The van der Waals surface area contributed by atoms with Crippen LogP contribution in [0.3, 0.4) is 0 Å². The van der Waals surface area contributed by atoms with Gasteiger partial charge in [-0.05, 0) is 57.8 Å². The molecular formula is C59H113NO5. The lowest BCUT2D eigenvalue weighted by Gasteiger charge is -2.19. The van der Waals surface area contributed by atoms with Crippen LogP contribution < -0.4 is 5.32 Å². The molecule has 0 heterocycles. The van der Waals surface area contributed by atoms with Crippen LogP contribution in [0, 0.1) is 0 Å². The summed E-state index contributed by atoms with van der Waals surface area (Å²) in [4.78, 5) is 24.5. The second-order valence-electron chi connectivity index (χ2n) is 20.0. The maximum absolute atomic E-state index is 12.5. The molecule has 0 spiro atoms. The summed E-state index contributed by atoms with van der Waals surface area (Å²) >= 11 is 0. The van der Waals surface area contributed by atoms with Gasteiger partial charge in [0, 0.05) is 12.8 Å². The number of carbonyl (C=O) groups is 2. The van der Waals surface area contributed by atoms with E-state index in [9.17, 15) is 19.8 Å². The molecule has 0 aliphatic heterocycles. The summed E-state index contributed by atoms with van der Waals surface area (Å²) in [6, 6.07) is -0.648. The fourth-order valence-electron chi connectivity index (χ4n) is 8.98. The SMILES string of the molecule is CCCCCCCCCCCCCCCCCC/C=C/C(O)C(CO)NC(=O)CCCCC/C=C\CCCCCCCCOC(=O)CCCCCCCCCCCCCCCCCCC. The molecule has 0 aliphatic rings. The molecule has 3 N–H and O–H groups in total. The van der Waals surface area contributed by atoms with Crippen molar-refractivity contribution in [2.75, 3.05) is 13.2 Å². The average molecular weight is 917 g/mol. The highest BCUT2D eigenvalue weighted by molar-refractivity contribution is 5.76. The number of allylic oxidation sites excluding steroid dienone is 3. The molecule has 6 heteroatoms. The second-order valence-corrected chi connectivity index (χ2v) is 20.0. The third kappa shape index (κ3) is 51.6. The van der Waals surface area contributed by atoms with Crippen molar-refractivity contribution in [1.29, 1.82) is 0 Å². The molecule has 0 aromatic carbocycles. The highest BCUT2D eigenvalue weighted by atomic mass is 16.5. The Morgan fingerprint density at radius 3 is 1.11 bits per heavy atom. The molecule has 0 fully saturated rings. The van der Waals surface area contributed by atoms with E-state index in [1.165, 1.54) is 218 Å². The number of hydrogen-bond donors (Lipinski definition) is 3. The van der Waals surface area contributed by atoms with Crippen molar-refractivity contribution in [1.82, 2.24) is 5.32 Å². The molecule has 65 heavy (non-hydrogen) atoms. The maximum atomic E-state index is 12.5. The monoisotopic (exact) mass is 916 g/mol. The van der Waals surface area contributed by atoms with Crippen LogP contribution in [0.15, 0.2) is 24.3 Å². The number of nitrogens with one attached hydrogen (secondary N) is 1. The van der Waals surface area contributed by atoms with E-state index in [0.717, 1.165) is 70.6 Å². The van der Waals surface area contributed by atoms with Crippen LogP contribution in [0.25, 0.3) is 0 Å². The molecule has 2 unspecified atom stereocenters. The van der Waals surface area contributed by atoms with Crippen molar-refractivity contribution < 1.29 is 24.5 Å². The van der Waals surface area contributed by atoms with Crippen molar-refractivity contribution in [3.8, 4) is 0 Å². The van der Waals surface area contributed by atoms with Crippen LogP contribution in [-0.4, -0.2) is 47.4 Å². The standard InChI is InChI=1S/C59H113NO5/c1-3-5-7-9-11-13-15-17-19-21-23-24-27-31-35-39-43-47-51-57(62)56(55-61)60-58(63)52-48-44-40-36-32-28-26-30-34-38-42-46-50-54-65-59(64)53-49-45-41-37-33-29-25-22-20-18-16-14-12-10-8-6-4-2/h28,32,47,51,56-57,61-62H,3-27,29-31,33-46,48-50,52-55H2,1-2H3,(H,60,63)/b32-28-,51-47+. The van der Waals surface area contributed by atoms with E-state index in [4.69, 9.17) is 4.74 Å². The lowest BCUT2D eigenvalue weighted by molar-refractivity contribution is -0.143. The van der Waals surface area contributed by atoms with Crippen LogP contribution in [0.5, 0.6) is 0 Å². The summed E-state index contributed by atoms with van der Waals surface area (Å²) in [6.07, 6.45) is 66.3. The summed E-state index contributed by atoms with van der Waals surface area (Å²) < 4.78 is 5.47. The van der Waals surface area contributed by atoms with Crippen LogP contribution in [-0.2, 0) is 14.3 Å². The molecule has 0 aromatic rings. The number of rotatable bonds is 54. The van der Waals surface area contributed by atoms with Gasteiger partial charge in [0.1, 0.15) is 0 Å². The van der Waals surface area contributed by atoms with Gasteiger partial charge in [-0.2, -0.15) is 0 Å². The Labute approximate surface area is 405 Å². The smallest absolute Gasteiger partial charge is 0.305 e. The van der Waals surface area contributed by atoms with Crippen LogP contribution in [0.4, 0.5) is 0 Å². The summed E-state index contributed by atoms with van der Waals surface area (Å²) in [5.41, 5.74) is 0. The van der Waals surface area contributed by atoms with E-state index >= 15 is 0 Å². The first-order valence-electron chi connectivity index (χ1n) is 29.1. The molecule has 0 aliphatic carbocycles. The van der Waals surface area contributed by atoms with Gasteiger partial charge in [0.15, 0.2) is 0 Å². The largest absolute Gasteiger partial charge is 0.466 e. The number of hydrogen-bond acceptors (Lipinski definition) is 5. The van der Waals surface area contributed by atoms with Gasteiger partial charge in [0.05, 0.1) is 25.4 Å². The minimum absolute atomic E-state index is 0.00976. The number of aliphatic hydroxyl groups excluding tert-OH is 2. The molecule has 0 bridgehead atoms. The highest BCUT2D eigenvalue weighted by Crippen LogP contribution is 2.17. The fraction of sp³-hybridized carbons (Fsp3) is 0.898. The Kier molecular flexibility index (Phi) is 53.5. The Hall–Kier alpha value is -1.66. The third-order valence-corrected chi connectivity index (χ3v) is 13.5. The van der Waals surface area contributed by atoms with Crippen molar-refractivity contribution in [2.24, 2.45) is 0 Å². The Balaban J connectivity index is 3.50. The molecule has 2 atom stereocenters. The van der Waals surface area contributed by atoms with Crippen molar-refractivity contribution in [3.63, 3.8) is 0 Å². The van der Waals surface area contributed by atoms with Gasteiger partial charge in [0.25, 0.3) is 0 Å². The molecule has 0 saturated heterocycles.